The van der Waals surface area contributed by atoms with Gasteiger partial charge in [-0.2, -0.15) is 0 Å². The minimum atomic E-state index is -0.134. The van der Waals surface area contributed by atoms with Crippen molar-refractivity contribution < 1.29 is 8.94 Å². The Bertz CT molecular complexity index is 1650. The summed E-state index contributed by atoms with van der Waals surface area (Å²) in [6.45, 7) is 2.01. The summed E-state index contributed by atoms with van der Waals surface area (Å²) in [5, 5.41) is 14.2. The van der Waals surface area contributed by atoms with Crippen molar-refractivity contribution in [3.63, 3.8) is 0 Å². The SMILES string of the molecule is Cc1ccc(-n2c(=O)c3ccccc3n3c(SCc4cc(-c5ccco5)on4)nnc23)cc1. The van der Waals surface area contributed by atoms with Gasteiger partial charge in [0.1, 0.15) is 0 Å². The lowest BCUT2D eigenvalue weighted by Gasteiger charge is -2.11. The Morgan fingerprint density at radius 2 is 1.82 bits per heavy atom. The first-order chi connectivity index (χ1) is 16.2. The maximum absolute atomic E-state index is 13.4. The third-order valence-electron chi connectivity index (χ3n) is 5.36. The van der Waals surface area contributed by atoms with E-state index in [4.69, 9.17) is 8.94 Å². The van der Waals surface area contributed by atoms with Gasteiger partial charge in [-0.25, -0.2) is 4.57 Å². The van der Waals surface area contributed by atoms with Gasteiger partial charge in [0.05, 0.1) is 28.5 Å². The number of nitrogens with zero attached hydrogens (tertiary/aromatic N) is 5. The molecule has 8 nitrogen and oxygen atoms in total. The van der Waals surface area contributed by atoms with Crippen LogP contribution in [-0.4, -0.2) is 24.3 Å². The number of thioether (sulfide) groups is 1. The van der Waals surface area contributed by atoms with Crippen LogP contribution in [0.15, 0.2) is 91.9 Å². The Labute approximate surface area is 191 Å². The Hall–Kier alpha value is -4.11. The van der Waals surface area contributed by atoms with Crippen molar-refractivity contribution in [2.45, 2.75) is 17.8 Å². The number of benzene rings is 2. The molecule has 6 aromatic rings. The Morgan fingerprint density at radius 1 is 0.970 bits per heavy atom. The van der Waals surface area contributed by atoms with Crippen LogP contribution in [0, 0.1) is 6.92 Å². The number of aromatic nitrogens is 5. The lowest BCUT2D eigenvalue weighted by molar-refractivity contribution is 0.413. The molecule has 0 radical (unpaired) electrons. The molecule has 2 aromatic carbocycles. The second-order valence-corrected chi connectivity index (χ2v) is 8.50. The van der Waals surface area contributed by atoms with Gasteiger partial charge in [-0.1, -0.05) is 46.7 Å². The van der Waals surface area contributed by atoms with Gasteiger partial charge in [-0.3, -0.25) is 9.20 Å². The van der Waals surface area contributed by atoms with E-state index in [2.05, 4.69) is 15.4 Å². The largest absolute Gasteiger partial charge is 0.461 e. The second kappa shape index (κ2) is 7.79. The lowest BCUT2D eigenvalue weighted by atomic mass is 10.2. The van der Waals surface area contributed by atoms with Crippen molar-refractivity contribution >= 4 is 28.4 Å². The van der Waals surface area contributed by atoms with Crippen LogP contribution in [-0.2, 0) is 5.75 Å². The number of fused-ring (bicyclic) bond motifs is 3. The molecule has 162 valence electrons. The molecule has 0 saturated heterocycles. The van der Waals surface area contributed by atoms with Gasteiger partial charge < -0.3 is 8.94 Å². The van der Waals surface area contributed by atoms with Gasteiger partial charge in [0, 0.05) is 11.8 Å². The average molecular weight is 455 g/mol. The van der Waals surface area contributed by atoms with Crippen LogP contribution in [0.2, 0.25) is 0 Å². The zero-order valence-electron chi connectivity index (χ0n) is 17.5. The summed E-state index contributed by atoms with van der Waals surface area (Å²) in [4.78, 5) is 13.4. The molecule has 4 heterocycles. The number of hydrogen-bond acceptors (Lipinski definition) is 7. The third kappa shape index (κ3) is 3.33. The molecule has 6 rings (SSSR count). The van der Waals surface area contributed by atoms with Crippen LogP contribution in [0.3, 0.4) is 0 Å². The number of rotatable bonds is 5. The Morgan fingerprint density at radius 3 is 2.64 bits per heavy atom. The standard InChI is InChI=1S/C24H17N5O3S/c1-15-8-10-17(11-9-15)28-22(30)18-5-2-3-6-19(18)29-23(28)25-26-24(29)33-14-16-13-21(32-27-16)20-7-4-12-31-20/h2-13H,14H2,1H3. The predicted molar refractivity (Wildman–Crippen MR) is 125 cm³/mol. The highest BCUT2D eigenvalue weighted by Gasteiger charge is 2.18. The van der Waals surface area contributed by atoms with E-state index in [1.165, 1.54) is 11.8 Å². The quantitative estimate of drug-likeness (QED) is 0.342. The molecular weight excluding hydrogens is 438 g/mol. The van der Waals surface area contributed by atoms with Crippen LogP contribution in [0.25, 0.3) is 33.9 Å². The van der Waals surface area contributed by atoms with E-state index in [0.717, 1.165) is 22.5 Å². The molecule has 0 spiro atoms. The molecule has 0 saturated carbocycles. The number of para-hydroxylation sites is 1. The van der Waals surface area contributed by atoms with Gasteiger partial charge in [0.15, 0.2) is 10.9 Å². The van der Waals surface area contributed by atoms with E-state index >= 15 is 0 Å². The van der Waals surface area contributed by atoms with Crippen LogP contribution < -0.4 is 5.56 Å². The fraction of sp³-hybridized carbons (Fsp3) is 0.0833. The lowest BCUT2D eigenvalue weighted by Crippen LogP contribution is -2.21. The molecule has 0 aliphatic carbocycles. The molecule has 0 aliphatic rings. The highest BCUT2D eigenvalue weighted by molar-refractivity contribution is 7.98. The maximum Gasteiger partial charge on any atom is 0.267 e. The first-order valence-corrected chi connectivity index (χ1v) is 11.3. The summed E-state index contributed by atoms with van der Waals surface area (Å²) in [6.07, 6.45) is 1.59. The summed E-state index contributed by atoms with van der Waals surface area (Å²) in [5.41, 5.74) is 3.22. The Kier molecular flexibility index (Phi) is 4.62. The molecule has 0 unspecified atom stereocenters. The maximum atomic E-state index is 13.4. The van der Waals surface area contributed by atoms with E-state index in [1.54, 1.807) is 16.9 Å². The van der Waals surface area contributed by atoms with Crippen molar-refractivity contribution in [3.8, 4) is 17.2 Å². The molecule has 0 bridgehead atoms. The first kappa shape index (κ1) is 19.6. The van der Waals surface area contributed by atoms with Crippen LogP contribution >= 0.6 is 11.8 Å². The molecule has 0 aliphatic heterocycles. The summed E-state index contributed by atoms with van der Waals surface area (Å²) in [6, 6.07) is 20.7. The zero-order valence-corrected chi connectivity index (χ0v) is 18.3. The highest BCUT2D eigenvalue weighted by atomic mass is 32.2. The zero-order chi connectivity index (χ0) is 22.4. The van der Waals surface area contributed by atoms with E-state index < -0.39 is 0 Å². The van der Waals surface area contributed by atoms with E-state index in [9.17, 15) is 4.79 Å². The predicted octanol–water partition coefficient (Wildman–Crippen LogP) is 4.88. The summed E-state index contributed by atoms with van der Waals surface area (Å²) >= 11 is 1.47. The summed E-state index contributed by atoms with van der Waals surface area (Å²) < 4.78 is 14.3. The summed E-state index contributed by atoms with van der Waals surface area (Å²) in [7, 11) is 0. The van der Waals surface area contributed by atoms with Gasteiger partial charge in [-0.15, -0.1) is 10.2 Å². The first-order valence-electron chi connectivity index (χ1n) is 10.3. The molecule has 0 N–H and O–H groups in total. The van der Waals surface area contributed by atoms with Gasteiger partial charge in [0.2, 0.25) is 11.5 Å². The van der Waals surface area contributed by atoms with Crippen LogP contribution in [0.1, 0.15) is 11.3 Å². The normalized spacial score (nSPS) is 11.5. The number of hydrogen-bond donors (Lipinski definition) is 0. The molecule has 4 aromatic heterocycles. The van der Waals surface area contributed by atoms with E-state index in [1.807, 2.05) is 72.0 Å². The minimum absolute atomic E-state index is 0.134. The fourth-order valence-corrected chi connectivity index (χ4v) is 4.57. The Balaban J connectivity index is 1.45. The monoisotopic (exact) mass is 455 g/mol. The number of furan rings is 1. The highest BCUT2D eigenvalue weighted by Crippen LogP contribution is 2.27. The van der Waals surface area contributed by atoms with Crippen molar-refractivity contribution in [2.75, 3.05) is 0 Å². The average Bonchev–Trinajstić information content (AvgIpc) is 3.60. The molecule has 33 heavy (non-hydrogen) atoms. The van der Waals surface area contributed by atoms with Gasteiger partial charge in [-0.05, 0) is 43.3 Å². The molecule has 0 amide bonds. The van der Waals surface area contributed by atoms with Gasteiger partial charge >= 0.3 is 0 Å². The topological polar surface area (TPSA) is 91.4 Å². The van der Waals surface area contributed by atoms with Crippen molar-refractivity contribution in [1.82, 2.24) is 24.3 Å². The minimum Gasteiger partial charge on any atom is -0.461 e. The number of aryl methyl sites for hydroxylation is 1. The van der Waals surface area contributed by atoms with E-state index in [-0.39, 0.29) is 5.56 Å². The van der Waals surface area contributed by atoms with E-state index in [0.29, 0.717) is 33.6 Å². The fourth-order valence-electron chi connectivity index (χ4n) is 3.75. The molecule has 0 fully saturated rings. The molecule has 9 heteroatoms. The van der Waals surface area contributed by atoms with Gasteiger partial charge in [0.25, 0.3) is 5.56 Å². The smallest absolute Gasteiger partial charge is 0.267 e. The van der Waals surface area contributed by atoms with Crippen LogP contribution in [0.5, 0.6) is 0 Å². The van der Waals surface area contributed by atoms with Crippen molar-refractivity contribution in [3.05, 3.63) is 94.6 Å². The third-order valence-corrected chi connectivity index (χ3v) is 6.32. The van der Waals surface area contributed by atoms with Crippen molar-refractivity contribution in [2.24, 2.45) is 0 Å². The van der Waals surface area contributed by atoms with Crippen molar-refractivity contribution in [1.29, 1.82) is 0 Å². The molecular formula is C24H17N5O3S. The summed E-state index contributed by atoms with van der Waals surface area (Å²) in [5.74, 6) is 2.17. The molecule has 0 atom stereocenters. The second-order valence-electron chi connectivity index (χ2n) is 7.56. The van der Waals surface area contributed by atoms with Crippen LogP contribution in [0.4, 0.5) is 0 Å².